The van der Waals surface area contributed by atoms with Gasteiger partial charge in [-0.05, 0) is 24.3 Å². The molecule has 0 saturated heterocycles. The lowest BCUT2D eigenvalue weighted by molar-refractivity contribution is 1.26. The number of nitriles is 2. The molecule has 0 spiro atoms. The zero-order chi connectivity index (χ0) is 11.6. The fourth-order valence-corrected chi connectivity index (χ4v) is 0.858. The van der Waals surface area contributed by atoms with Gasteiger partial charge in [-0.15, -0.1) is 0 Å². The zero-order valence-corrected chi connectivity index (χ0v) is 8.41. The third-order valence-corrected chi connectivity index (χ3v) is 1.56. The number of rotatable bonds is 0. The van der Waals surface area contributed by atoms with Gasteiger partial charge in [0.1, 0.15) is 23.5 Å². The molecule has 4 nitrogen and oxygen atoms in total. The van der Waals surface area contributed by atoms with E-state index in [0.717, 1.165) is 0 Å². The third-order valence-electron chi connectivity index (χ3n) is 1.56. The molecule has 4 heteroatoms. The van der Waals surface area contributed by atoms with Crippen LogP contribution in [0, 0.1) is 22.7 Å². The van der Waals surface area contributed by atoms with Crippen molar-refractivity contribution in [1.82, 2.24) is 9.97 Å². The minimum Gasteiger partial charge on any atom is -0.246 e. The van der Waals surface area contributed by atoms with Crippen molar-refractivity contribution in [3.63, 3.8) is 0 Å². The van der Waals surface area contributed by atoms with Crippen LogP contribution >= 0.6 is 0 Å². The van der Waals surface area contributed by atoms with Crippen molar-refractivity contribution in [2.24, 2.45) is 0 Å². The Morgan fingerprint density at radius 3 is 1.38 bits per heavy atom. The van der Waals surface area contributed by atoms with Gasteiger partial charge in [0, 0.05) is 12.4 Å². The smallest absolute Gasteiger partial charge is 0.140 e. The molecule has 0 radical (unpaired) electrons. The van der Waals surface area contributed by atoms with Crippen LogP contribution in [0.15, 0.2) is 48.8 Å². The van der Waals surface area contributed by atoms with E-state index in [2.05, 4.69) is 9.97 Å². The molecule has 0 amide bonds. The second-order valence-electron chi connectivity index (χ2n) is 2.65. The van der Waals surface area contributed by atoms with Crippen LogP contribution in [-0.2, 0) is 0 Å². The molecule has 2 aromatic rings. The quantitative estimate of drug-likeness (QED) is 0.662. The van der Waals surface area contributed by atoms with Crippen LogP contribution in [0.4, 0.5) is 0 Å². The summed E-state index contributed by atoms with van der Waals surface area (Å²) in [5, 5.41) is 16.5. The number of aromatic nitrogens is 2. The molecule has 0 unspecified atom stereocenters. The van der Waals surface area contributed by atoms with Crippen LogP contribution in [-0.4, -0.2) is 9.97 Å². The predicted molar refractivity (Wildman–Crippen MR) is 57.9 cm³/mol. The van der Waals surface area contributed by atoms with E-state index in [0.29, 0.717) is 11.4 Å². The van der Waals surface area contributed by atoms with Crippen molar-refractivity contribution in [3.8, 4) is 12.1 Å². The van der Waals surface area contributed by atoms with E-state index in [1.54, 1.807) is 48.8 Å². The summed E-state index contributed by atoms with van der Waals surface area (Å²) in [7, 11) is 0. The average molecular weight is 208 g/mol. The number of nitrogens with zero attached hydrogens (tertiary/aromatic N) is 4. The summed E-state index contributed by atoms with van der Waals surface area (Å²) in [5.74, 6) is 0. The van der Waals surface area contributed by atoms with E-state index < -0.39 is 0 Å². The standard InChI is InChI=1S/2C6H4N2/c2*7-5-6-3-1-2-4-8-6/h2*1-4H. The largest absolute Gasteiger partial charge is 0.246 e. The van der Waals surface area contributed by atoms with Crippen molar-refractivity contribution in [1.29, 1.82) is 10.5 Å². The molecule has 0 saturated carbocycles. The molecule has 2 rings (SSSR count). The van der Waals surface area contributed by atoms with Crippen LogP contribution in [0.3, 0.4) is 0 Å². The van der Waals surface area contributed by atoms with Crippen LogP contribution in [0.25, 0.3) is 0 Å². The molecular formula is C12H8N4. The first kappa shape index (κ1) is 11.4. The second-order valence-corrected chi connectivity index (χ2v) is 2.65. The van der Waals surface area contributed by atoms with E-state index in [1.165, 1.54) is 0 Å². The lowest BCUT2D eigenvalue weighted by atomic mass is 10.4. The summed E-state index contributed by atoms with van der Waals surface area (Å²) in [6, 6.07) is 14.3. The lowest BCUT2D eigenvalue weighted by Gasteiger charge is -1.79. The van der Waals surface area contributed by atoms with Gasteiger partial charge in [-0.25, -0.2) is 9.97 Å². The van der Waals surface area contributed by atoms with E-state index in [9.17, 15) is 0 Å². The molecule has 0 aliphatic carbocycles. The van der Waals surface area contributed by atoms with E-state index in [1.807, 2.05) is 12.1 Å². The summed E-state index contributed by atoms with van der Waals surface area (Å²) < 4.78 is 0. The molecular weight excluding hydrogens is 200 g/mol. The number of hydrogen-bond donors (Lipinski definition) is 0. The van der Waals surface area contributed by atoms with E-state index >= 15 is 0 Å². The summed E-state index contributed by atoms with van der Waals surface area (Å²) >= 11 is 0. The van der Waals surface area contributed by atoms with Crippen molar-refractivity contribution in [2.45, 2.75) is 0 Å². The van der Waals surface area contributed by atoms with E-state index in [-0.39, 0.29) is 0 Å². The maximum atomic E-state index is 8.23. The lowest BCUT2D eigenvalue weighted by Crippen LogP contribution is -1.75. The molecule has 0 atom stereocenters. The highest BCUT2D eigenvalue weighted by Gasteiger charge is 1.81. The first-order valence-electron chi connectivity index (χ1n) is 4.49. The molecule has 2 heterocycles. The maximum Gasteiger partial charge on any atom is 0.140 e. The molecule has 16 heavy (non-hydrogen) atoms. The monoisotopic (exact) mass is 208 g/mol. The molecule has 0 aliphatic rings. The zero-order valence-electron chi connectivity index (χ0n) is 8.41. The summed E-state index contributed by atoms with van der Waals surface area (Å²) in [6.07, 6.45) is 3.19. The molecule has 0 fully saturated rings. The summed E-state index contributed by atoms with van der Waals surface area (Å²) in [5.41, 5.74) is 0.931. The van der Waals surface area contributed by atoms with Gasteiger partial charge in [-0.3, -0.25) is 0 Å². The van der Waals surface area contributed by atoms with Crippen LogP contribution < -0.4 is 0 Å². The van der Waals surface area contributed by atoms with Gasteiger partial charge >= 0.3 is 0 Å². The van der Waals surface area contributed by atoms with Crippen molar-refractivity contribution < 1.29 is 0 Å². The minimum atomic E-state index is 0.465. The van der Waals surface area contributed by atoms with Gasteiger partial charge in [0.25, 0.3) is 0 Å². The SMILES string of the molecule is N#Cc1ccccn1.N#Cc1ccccn1. The first-order valence-corrected chi connectivity index (χ1v) is 4.49. The summed E-state index contributed by atoms with van der Waals surface area (Å²) in [4.78, 5) is 7.47. The highest BCUT2D eigenvalue weighted by atomic mass is 14.7. The minimum absolute atomic E-state index is 0.465. The first-order chi connectivity index (χ1) is 7.86. The van der Waals surface area contributed by atoms with Crippen LogP contribution in [0.5, 0.6) is 0 Å². The Morgan fingerprint density at radius 1 is 0.750 bits per heavy atom. The maximum absolute atomic E-state index is 8.23. The van der Waals surface area contributed by atoms with E-state index in [4.69, 9.17) is 10.5 Å². The molecule has 0 aromatic carbocycles. The molecule has 0 bridgehead atoms. The fourth-order valence-electron chi connectivity index (χ4n) is 0.858. The molecule has 2 aromatic heterocycles. The van der Waals surface area contributed by atoms with Crippen molar-refractivity contribution >= 4 is 0 Å². The van der Waals surface area contributed by atoms with Gasteiger partial charge in [-0.1, -0.05) is 12.1 Å². The Hall–Kier alpha value is -2.72. The van der Waals surface area contributed by atoms with Gasteiger partial charge in [-0.2, -0.15) is 10.5 Å². The fraction of sp³-hybridized carbons (Fsp3) is 0. The summed E-state index contributed by atoms with van der Waals surface area (Å²) in [6.45, 7) is 0. The second kappa shape index (κ2) is 6.69. The molecule has 76 valence electrons. The Bertz CT molecular complexity index is 445. The average Bonchev–Trinajstić information content (AvgIpc) is 2.41. The molecule has 0 aliphatic heterocycles. The highest BCUT2D eigenvalue weighted by molar-refractivity contribution is 5.18. The Balaban J connectivity index is 0.000000160. The normalized spacial score (nSPS) is 7.88. The van der Waals surface area contributed by atoms with Gasteiger partial charge in [0.05, 0.1) is 0 Å². The Labute approximate surface area is 93.4 Å². The van der Waals surface area contributed by atoms with Crippen molar-refractivity contribution in [3.05, 3.63) is 60.2 Å². The topological polar surface area (TPSA) is 73.4 Å². The Kier molecular flexibility index (Phi) is 4.75. The predicted octanol–water partition coefficient (Wildman–Crippen LogP) is 1.91. The van der Waals surface area contributed by atoms with Gasteiger partial charge < -0.3 is 0 Å². The number of pyridine rings is 2. The number of hydrogen-bond acceptors (Lipinski definition) is 4. The van der Waals surface area contributed by atoms with Crippen molar-refractivity contribution in [2.75, 3.05) is 0 Å². The highest BCUT2D eigenvalue weighted by Crippen LogP contribution is 1.87. The molecule has 0 N–H and O–H groups in total. The van der Waals surface area contributed by atoms with Gasteiger partial charge in [0.2, 0.25) is 0 Å². The van der Waals surface area contributed by atoms with Crippen LogP contribution in [0.2, 0.25) is 0 Å². The Morgan fingerprint density at radius 2 is 1.19 bits per heavy atom. The van der Waals surface area contributed by atoms with Gasteiger partial charge in [0.15, 0.2) is 0 Å². The third kappa shape index (κ3) is 3.99. The van der Waals surface area contributed by atoms with Crippen LogP contribution in [0.1, 0.15) is 11.4 Å².